The fraction of sp³-hybridized carbons (Fsp3) is 0.143. The molecule has 0 amide bonds. The van der Waals surface area contributed by atoms with Crippen LogP contribution in [0, 0.1) is 0 Å². The van der Waals surface area contributed by atoms with Crippen LogP contribution in [-0.2, 0) is 11.0 Å². The molecule has 84 valence electrons. The minimum absolute atomic E-state index is 0.727. The summed E-state index contributed by atoms with van der Waals surface area (Å²) in [5.74, 6) is 0. The third-order valence-corrected chi connectivity index (χ3v) is 4.69. The van der Waals surface area contributed by atoms with Gasteiger partial charge in [-0.2, -0.15) is 0 Å². The predicted octanol–water partition coefficient (Wildman–Crippen LogP) is 3.48. The first-order valence-corrected chi connectivity index (χ1v) is 6.90. The second-order valence-corrected chi connectivity index (χ2v) is 6.17. The number of halogens is 1. The fourth-order valence-electron chi connectivity index (χ4n) is 2.28. The van der Waals surface area contributed by atoms with E-state index in [1.54, 1.807) is 0 Å². The summed E-state index contributed by atoms with van der Waals surface area (Å²) < 4.78 is -0.938. The Labute approximate surface area is 119 Å². The largest absolute Gasteiger partial charge is 0.134 e. The zero-order valence-corrected chi connectivity index (χ0v) is 11.3. The molecule has 3 rings (SSSR count). The molecule has 0 aliphatic carbocycles. The highest BCUT2D eigenvalue weighted by Gasteiger charge is 2.28. The summed E-state index contributed by atoms with van der Waals surface area (Å²) in [5.41, 5.74) is 3.16. The van der Waals surface area contributed by atoms with Crippen molar-refractivity contribution in [2.24, 2.45) is 0 Å². The zero-order chi connectivity index (χ0) is 12.8. The standard InChI is InChI=1S/C14H9B2ClS/c15-14(16)11-5-3-6-12(17)10(11)8-9-4-1-2-7-13(9)18-14/h1-7H,8H2. The van der Waals surface area contributed by atoms with Crippen molar-refractivity contribution in [2.45, 2.75) is 15.9 Å². The minimum atomic E-state index is -0.938. The Morgan fingerprint density at radius 2 is 1.83 bits per heavy atom. The van der Waals surface area contributed by atoms with Gasteiger partial charge in [0.1, 0.15) is 0 Å². The molecule has 18 heavy (non-hydrogen) atoms. The van der Waals surface area contributed by atoms with Crippen LogP contribution in [0.15, 0.2) is 47.4 Å². The molecule has 1 aliphatic heterocycles. The Morgan fingerprint density at radius 1 is 1.06 bits per heavy atom. The first kappa shape index (κ1) is 12.3. The molecule has 0 saturated carbocycles. The van der Waals surface area contributed by atoms with Gasteiger partial charge in [-0.15, -0.1) is 11.8 Å². The van der Waals surface area contributed by atoms with Gasteiger partial charge in [-0.05, 0) is 33.4 Å². The molecule has 4 radical (unpaired) electrons. The van der Waals surface area contributed by atoms with Gasteiger partial charge in [-0.1, -0.05) is 41.9 Å². The number of benzene rings is 2. The number of thioether (sulfide) groups is 1. The third kappa shape index (κ3) is 2.00. The lowest BCUT2D eigenvalue weighted by Crippen LogP contribution is -2.23. The molecule has 0 bridgehead atoms. The topological polar surface area (TPSA) is 0 Å². The SMILES string of the molecule is [B]C1([B])Sc2ccccc2Cc2c(Cl)cccc21. The average Bonchev–Trinajstić information content (AvgIpc) is 2.44. The molecule has 0 N–H and O–H groups in total. The number of fused-ring (bicyclic) bond motifs is 2. The van der Waals surface area contributed by atoms with Gasteiger partial charge >= 0.3 is 0 Å². The van der Waals surface area contributed by atoms with Crippen molar-refractivity contribution in [3.63, 3.8) is 0 Å². The van der Waals surface area contributed by atoms with Crippen molar-refractivity contribution in [2.75, 3.05) is 0 Å². The lowest BCUT2D eigenvalue weighted by atomic mass is 9.64. The van der Waals surface area contributed by atoms with Gasteiger partial charge in [0.2, 0.25) is 0 Å². The van der Waals surface area contributed by atoms with Crippen LogP contribution in [0.2, 0.25) is 5.02 Å². The summed E-state index contributed by atoms with van der Waals surface area (Å²) in [6, 6.07) is 13.9. The van der Waals surface area contributed by atoms with E-state index < -0.39 is 4.55 Å². The van der Waals surface area contributed by atoms with E-state index in [2.05, 4.69) is 6.07 Å². The highest BCUT2D eigenvalue weighted by Crippen LogP contribution is 2.44. The number of hydrogen-bond acceptors (Lipinski definition) is 1. The first-order valence-electron chi connectivity index (χ1n) is 5.70. The quantitative estimate of drug-likeness (QED) is 0.658. The fourth-order valence-corrected chi connectivity index (χ4v) is 3.61. The number of hydrogen-bond donors (Lipinski definition) is 0. The Hall–Kier alpha value is -0.790. The van der Waals surface area contributed by atoms with E-state index in [1.165, 1.54) is 17.3 Å². The van der Waals surface area contributed by atoms with Crippen molar-refractivity contribution in [3.05, 3.63) is 64.2 Å². The zero-order valence-electron chi connectivity index (χ0n) is 9.69. The lowest BCUT2D eigenvalue weighted by Gasteiger charge is -2.26. The van der Waals surface area contributed by atoms with Crippen LogP contribution in [0.1, 0.15) is 16.7 Å². The summed E-state index contributed by atoms with van der Waals surface area (Å²) in [4.78, 5) is 1.12. The van der Waals surface area contributed by atoms with Gasteiger partial charge in [-0.25, -0.2) is 0 Å². The average molecular weight is 266 g/mol. The molecule has 2 aromatic carbocycles. The normalized spacial score (nSPS) is 16.5. The van der Waals surface area contributed by atoms with E-state index >= 15 is 0 Å². The van der Waals surface area contributed by atoms with E-state index in [0.717, 1.165) is 27.5 Å². The summed E-state index contributed by atoms with van der Waals surface area (Å²) in [7, 11) is 12.5. The molecule has 0 saturated heterocycles. The predicted molar refractivity (Wildman–Crippen MR) is 79.7 cm³/mol. The second kappa shape index (κ2) is 4.40. The summed E-state index contributed by atoms with van der Waals surface area (Å²) in [6.45, 7) is 0. The van der Waals surface area contributed by atoms with Crippen LogP contribution in [-0.4, -0.2) is 15.7 Å². The van der Waals surface area contributed by atoms with Crippen LogP contribution in [0.25, 0.3) is 0 Å². The maximum atomic E-state index is 6.29. The van der Waals surface area contributed by atoms with Gasteiger partial charge in [0.05, 0.1) is 15.7 Å². The number of rotatable bonds is 0. The summed E-state index contributed by atoms with van der Waals surface area (Å²) in [6.07, 6.45) is 0.772. The van der Waals surface area contributed by atoms with Gasteiger partial charge < -0.3 is 0 Å². The Morgan fingerprint density at radius 3 is 2.67 bits per heavy atom. The van der Waals surface area contributed by atoms with Gasteiger partial charge in [-0.3, -0.25) is 0 Å². The molecule has 0 fully saturated rings. The minimum Gasteiger partial charge on any atom is -0.134 e. The Kier molecular flexibility index (Phi) is 2.99. The third-order valence-electron chi connectivity index (χ3n) is 3.16. The first-order chi connectivity index (χ1) is 8.58. The van der Waals surface area contributed by atoms with Crippen LogP contribution in [0.4, 0.5) is 0 Å². The van der Waals surface area contributed by atoms with E-state index in [4.69, 9.17) is 27.3 Å². The van der Waals surface area contributed by atoms with Crippen LogP contribution >= 0.6 is 23.4 Å². The molecule has 0 aromatic heterocycles. The van der Waals surface area contributed by atoms with Gasteiger partial charge in [0, 0.05) is 16.3 Å². The van der Waals surface area contributed by atoms with Crippen molar-refractivity contribution < 1.29 is 0 Å². The maximum absolute atomic E-state index is 6.29. The van der Waals surface area contributed by atoms with E-state index in [0.29, 0.717) is 0 Å². The highest BCUT2D eigenvalue weighted by atomic mass is 35.5. The molecular weight excluding hydrogens is 257 g/mol. The van der Waals surface area contributed by atoms with Gasteiger partial charge in [0.25, 0.3) is 0 Å². The molecule has 0 atom stereocenters. The lowest BCUT2D eigenvalue weighted by molar-refractivity contribution is 1.10. The van der Waals surface area contributed by atoms with E-state index in [1.807, 2.05) is 36.4 Å². The van der Waals surface area contributed by atoms with Crippen LogP contribution < -0.4 is 0 Å². The van der Waals surface area contributed by atoms with E-state index in [9.17, 15) is 0 Å². The molecule has 1 heterocycles. The van der Waals surface area contributed by atoms with E-state index in [-0.39, 0.29) is 0 Å². The molecular formula is C14H9B2ClS. The van der Waals surface area contributed by atoms with Crippen LogP contribution in [0.3, 0.4) is 0 Å². The monoisotopic (exact) mass is 266 g/mol. The molecule has 0 nitrogen and oxygen atoms in total. The smallest absolute Gasteiger partial charge is 0.0830 e. The Balaban J connectivity index is 2.25. The summed E-state index contributed by atoms with van der Waals surface area (Å²) >= 11 is 7.77. The Bertz CT molecular complexity index is 610. The van der Waals surface area contributed by atoms with Crippen molar-refractivity contribution in [3.8, 4) is 0 Å². The highest BCUT2D eigenvalue weighted by molar-refractivity contribution is 8.02. The molecule has 2 aromatic rings. The molecule has 4 heteroatoms. The second-order valence-electron chi connectivity index (χ2n) is 4.45. The molecule has 0 spiro atoms. The van der Waals surface area contributed by atoms with Gasteiger partial charge in [0.15, 0.2) is 0 Å². The van der Waals surface area contributed by atoms with Crippen LogP contribution in [0.5, 0.6) is 0 Å². The van der Waals surface area contributed by atoms with Crippen molar-refractivity contribution in [1.29, 1.82) is 0 Å². The van der Waals surface area contributed by atoms with Crippen molar-refractivity contribution >= 4 is 39.1 Å². The summed E-state index contributed by atoms with van der Waals surface area (Å²) in [5, 5.41) is 0.727. The maximum Gasteiger partial charge on any atom is 0.0830 e. The van der Waals surface area contributed by atoms with Crippen molar-refractivity contribution in [1.82, 2.24) is 0 Å². The molecule has 1 aliphatic rings. The molecule has 0 unspecified atom stereocenters.